The molecule has 0 N–H and O–H groups in total. The summed E-state index contributed by atoms with van der Waals surface area (Å²) in [7, 11) is 0. The summed E-state index contributed by atoms with van der Waals surface area (Å²) in [6.07, 6.45) is 8.24. The summed E-state index contributed by atoms with van der Waals surface area (Å²) >= 11 is 12.4. The van der Waals surface area contributed by atoms with Crippen molar-refractivity contribution in [3.8, 4) is 11.5 Å². The molecule has 3 rings (SSSR count). The van der Waals surface area contributed by atoms with E-state index in [9.17, 15) is 4.79 Å². The van der Waals surface area contributed by atoms with Crippen LogP contribution in [0.1, 0.15) is 63.0 Å². The molecule has 0 saturated heterocycles. The highest BCUT2D eigenvalue weighted by Gasteiger charge is 2.18. The topological polar surface area (TPSA) is 38.8 Å². The molecule has 2 aromatic carbocycles. The number of hydrogen-bond acceptors (Lipinski definition) is 3. The van der Waals surface area contributed by atoms with Gasteiger partial charge >= 0.3 is 0 Å². The predicted molar refractivity (Wildman–Crippen MR) is 126 cm³/mol. The highest BCUT2D eigenvalue weighted by atomic mass is 35.5. The van der Waals surface area contributed by atoms with E-state index in [0.29, 0.717) is 36.0 Å². The van der Waals surface area contributed by atoms with E-state index in [1.807, 2.05) is 35.2 Å². The first kappa shape index (κ1) is 23.7. The summed E-state index contributed by atoms with van der Waals surface area (Å²) in [5.41, 5.74) is 2.02. The number of nitrogens with zero attached hydrogens (tertiary/aromatic N) is 1. The van der Waals surface area contributed by atoms with Crippen LogP contribution in [0.25, 0.3) is 0 Å². The predicted octanol–water partition coefficient (Wildman–Crippen LogP) is 7.04. The molecule has 0 spiro atoms. The van der Waals surface area contributed by atoms with Crippen molar-refractivity contribution >= 4 is 29.1 Å². The normalized spacial score (nSPS) is 12.2. The van der Waals surface area contributed by atoms with Crippen LogP contribution in [0.5, 0.6) is 11.5 Å². The van der Waals surface area contributed by atoms with Crippen molar-refractivity contribution in [3.05, 3.63) is 57.6 Å². The van der Waals surface area contributed by atoms with Crippen molar-refractivity contribution in [1.29, 1.82) is 0 Å². The minimum absolute atomic E-state index is 0.179. The fourth-order valence-electron chi connectivity index (χ4n) is 3.75. The number of unbranched alkanes of at least 4 members (excludes halogenated alkanes) is 5. The lowest BCUT2D eigenvalue weighted by molar-refractivity contribution is -0.131. The highest BCUT2D eigenvalue weighted by molar-refractivity contribution is 6.35. The Morgan fingerprint density at radius 2 is 1.74 bits per heavy atom. The van der Waals surface area contributed by atoms with Crippen LogP contribution in [0.15, 0.2) is 36.4 Å². The van der Waals surface area contributed by atoms with E-state index < -0.39 is 0 Å². The smallest absolute Gasteiger partial charge is 0.231 e. The van der Waals surface area contributed by atoms with Crippen LogP contribution >= 0.6 is 23.2 Å². The lowest BCUT2D eigenvalue weighted by Crippen LogP contribution is -2.32. The van der Waals surface area contributed by atoms with Gasteiger partial charge < -0.3 is 14.4 Å². The van der Waals surface area contributed by atoms with Crippen molar-refractivity contribution in [3.63, 3.8) is 0 Å². The average Bonchev–Trinajstić information content (AvgIpc) is 3.22. The summed E-state index contributed by atoms with van der Waals surface area (Å²) in [5.74, 6) is 1.67. The van der Waals surface area contributed by atoms with Gasteiger partial charge in [0, 0.05) is 29.6 Å². The molecule has 0 aromatic heterocycles. The Balaban J connectivity index is 1.61. The molecule has 1 amide bonds. The standard InChI is InChI=1S/C25H31Cl2NO3/c1-2-3-4-5-6-7-8-25(29)28(14-13-20-10-11-21(26)16-22(20)27)17-19-9-12-23-24(15-19)31-18-30-23/h9-12,15-16H,2-8,13-14,17-18H2,1H3. The third-order valence-corrected chi connectivity index (χ3v) is 6.16. The number of rotatable bonds is 12. The number of fused-ring (bicyclic) bond motifs is 1. The SMILES string of the molecule is CCCCCCCCC(=O)N(CCc1ccc(Cl)cc1Cl)Cc1ccc2c(c1)OCO2. The zero-order valence-corrected chi connectivity index (χ0v) is 19.7. The molecule has 1 heterocycles. The maximum atomic E-state index is 13.0. The van der Waals surface area contributed by atoms with E-state index in [4.69, 9.17) is 32.7 Å². The van der Waals surface area contributed by atoms with Gasteiger partial charge in [-0.25, -0.2) is 0 Å². The lowest BCUT2D eigenvalue weighted by Gasteiger charge is -2.23. The first-order chi connectivity index (χ1) is 15.1. The van der Waals surface area contributed by atoms with Crippen LogP contribution in [-0.2, 0) is 17.8 Å². The van der Waals surface area contributed by atoms with Gasteiger partial charge in [0.05, 0.1) is 0 Å². The molecule has 0 aliphatic carbocycles. The van der Waals surface area contributed by atoms with Gasteiger partial charge in [-0.2, -0.15) is 0 Å². The number of hydrogen-bond donors (Lipinski definition) is 0. The molecule has 31 heavy (non-hydrogen) atoms. The van der Waals surface area contributed by atoms with E-state index in [1.165, 1.54) is 25.7 Å². The lowest BCUT2D eigenvalue weighted by atomic mass is 10.1. The maximum Gasteiger partial charge on any atom is 0.231 e. The molecule has 0 bridgehead atoms. The quantitative estimate of drug-likeness (QED) is 0.316. The third-order valence-electron chi connectivity index (χ3n) is 5.57. The largest absolute Gasteiger partial charge is 0.454 e. The van der Waals surface area contributed by atoms with Gasteiger partial charge in [-0.3, -0.25) is 4.79 Å². The monoisotopic (exact) mass is 463 g/mol. The second-order valence-corrected chi connectivity index (χ2v) is 8.85. The Bertz CT molecular complexity index is 872. The number of amides is 1. The minimum atomic E-state index is 0.179. The Morgan fingerprint density at radius 3 is 2.55 bits per heavy atom. The molecule has 4 nitrogen and oxygen atoms in total. The van der Waals surface area contributed by atoms with Gasteiger partial charge in [-0.05, 0) is 48.2 Å². The van der Waals surface area contributed by atoms with Crippen molar-refractivity contribution < 1.29 is 14.3 Å². The first-order valence-corrected chi connectivity index (χ1v) is 11.9. The second-order valence-electron chi connectivity index (χ2n) is 8.01. The number of carbonyl (C=O) groups excluding carboxylic acids is 1. The van der Waals surface area contributed by atoms with Gasteiger partial charge in [0.2, 0.25) is 12.7 Å². The fourth-order valence-corrected chi connectivity index (χ4v) is 4.25. The van der Waals surface area contributed by atoms with Crippen LogP contribution in [0.2, 0.25) is 10.0 Å². The first-order valence-electron chi connectivity index (χ1n) is 11.2. The molecule has 168 valence electrons. The summed E-state index contributed by atoms with van der Waals surface area (Å²) < 4.78 is 10.9. The van der Waals surface area contributed by atoms with Crippen molar-refractivity contribution in [2.24, 2.45) is 0 Å². The molecule has 0 fully saturated rings. The van der Waals surface area contributed by atoms with Crippen LogP contribution in [0, 0.1) is 0 Å². The fraction of sp³-hybridized carbons (Fsp3) is 0.480. The van der Waals surface area contributed by atoms with Crippen LogP contribution < -0.4 is 9.47 Å². The molecule has 6 heteroatoms. The van der Waals surface area contributed by atoms with Crippen LogP contribution in [0.4, 0.5) is 0 Å². The van der Waals surface area contributed by atoms with E-state index in [0.717, 1.165) is 35.5 Å². The van der Waals surface area contributed by atoms with Crippen molar-refractivity contribution in [2.45, 2.75) is 64.8 Å². The van der Waals surface area contributed by atoms with Crippen molar-refractivity contribution in [1.82, 2.24) is 4.90 Å². The number of carbonyl (C=O) groups is 1. The molecule has 0 atom stereocenters. The van der Waals surface area contributed by atoms with Gasteiger partial charge in [0.25, 0.3) is 0 Å². The molecule has 0 unspecified atom stereocenters. The number of benzene rings is 2. The van der Waals surface area contributed by atoms with E-state index in [-0.39, 0.29) is 12.7 Å². The number of ether oxygens (including phenoxy) is 2. The zero-order valence-electron chi connectivity index (χ0n) is 18.2. The molecule has 2 aromatic rings. The van der Waals surface area contributed by atoms with Gasteiger partial charge in [-0.1, -0.05) is 74.4 Å². The molecular weight excluding hydrogens is 433 g/mol. The summed E-state index contributed by atoms with van der Waals surface area (Å²) in [4.78, 5) is 15.0. The van der Waals surface area contributed by atoms with Crippen LogP contribution in [-0.4, -0.2) is 24.1 Å². The maximum absolute atomic E-state index is 13.0. The van der Waals surface area contributed by atoms with E-state index in [2.05, 4.69) is 6.92 Å². The molecule has 1 aliphatic heterocycles. The second kappa shape index (κ2) is 12.2. The minimum Gasteiger partial charge on any atom is -0.454 e. The van der Waals surface area contributed by atoms with Gasteiger partial charge in [-0.15, -0.1) is 0 Å². The molecule has 0 radical (unpaired) electrons. The van der Waals surface area contributed by atoms with Crippen LogP contribution in [0.3, 0.4) is 0 Å². The van der Waals surface area contributed by atoms with Gasteiger partial charge in [0.1, 0.15) is 0 Å². The number of halogens is 2. The van der Waals surface area contributed by atoms with E-state index in [1.54, 1.807) is 6.07 Å². The van der Waals surface area contributed by atoms with Crippen molar-refractivity contribution in [2.75, 3.05) is 13.3 Å². The molecule has 0 saturated carbocycles. The summed E-state index contributed by atoms with van der Waals surface area (Å²) in [5, 5.41) is 1.25. The highest BCUT2D eigenvalue weighted by Crippen LogP contribution is 2.33. The summed E-state index contributed by atoms with van der Waals surface area (Å²) in [6, 6.07) is 11.4. The molecule has 1 aliphatic rings. The molecular formula is C25H31Cl2NO3. The Hall–Kier alpha value is -1.91. The Kier molecular flexibility index (Phi) is 9.35. The van der Waals surface area contributed by atoms with E-state index >= 15 is 0 Å². The Morgan fingerprint density at radius 1 is 0.968 bits per heavy atom. The van der Waals surface area contributed by atoms with Gasteiger partial charge in [0.15, 0.2) is 11.5 Å². The Labute approximate surface area is 195 Å². The third kappa shape index (κ3) is 7.33. The summed E-state index contributed by atoms with van der Waals surface area (Å²) in [6.45, 7) is 3.60. The average molecular weight is 464 g/mol. The zero-order chi connectivity index (χ0) is 22.1.